The van der Waals surface area contributed by atoms with Crippen molar-refractivity contribution in [2.75, 3.05) is 0 Å². The Morgan fingerprint density at radius 2 is 1.92 bits per heavy atom. The number of ether oxygens (including phenoxy) is 1. The van der Waals surface area contributed by atoms with E-state index in [4.69, 9.17) is 27.9 Å². The predicted octanol–water partition coefficient (Wildman–Crippen LogP) is 5.40. The second-order valence-electron chi connectivity index (χ2n) is 4.88. The summed E-state index contributed by atoms with van der Waals surface area (Å²) < 4.78 is 18.2. The fourth-order valence-electron chi connectivity index (χ4n) is 1.98. The number of carbonyl (C=O) groups excluding carboxylic acids is 1. The molecule has 0 fully saturated rings. The van der Waals surface area contributed by atoms with E-state index < -0.39 is 5.97 Å². The van der Waals surface area contributed by atoms with Crippen LogP contribution in [0.2, 0.25) is 10.0 Å². The van der Waals surface area contributed by atoms with Gasteiger partial charge in [-0.2, -0.15) is 0 Å². The normalized spacial score (nSPS) is 10.6. The van der Waals surface area contributed by atoms with E-state index in [-0.39, 0.29) is 18.0 Å². The highest BCUT2D eigenvalue weighted by molar-refractivity contribution is 7.13. The van der Waals surface area contributed by atoms with E-state index in [2.05, 4.69) is 4.98 Å². The van der Waals surface area contributed by atoms with E-state index in [0.29, 0.717) is 20.7 Å². The molecule has 0 N–H and O–H groups in total. The van der Waals surface area contributed by atoms with Gasteiger partial charge in [0, 0.05) is 22.0 Å². The van der Waals surface area contributed by atoms with Crippen LogP contribution in [0.1, 0.15) is 5.69 Å². The van der Waals surface area contributed by atoms with Gasteiger partial charge in [0.05, 0.1) is 17.1 Å². The average Bonchev–Trinajstić information content (AvgIpc) is 3.00. The topological polar surface area (TPSA) is 39.2 Å². The van der Waals surface area contributed by atoms with Gasteiger partial charge in [0.25, 0.3) is 0 Å². The van der Waals surface area contributed by atoms with E-state index in [1.807, 2.05) is 0 Å². The van der Waals surface area contributed by atoms with Crippen LogP contribution in [0.15, 0.2) is 47.8 Å². The number of aromatic nitrogens is 1. The summed E-state index contributed by atoms with van der Waals surface area (Å²) in [7, 11) is 0. The van der Waals surface area contributed by atoms with Crippen molar-refractivity contribution in [2.45, 2.75) is 6.42 Å². The Hall–Kier alpha value is -1.95. The number of carbonyl (C=O) groups is 1. The summed E-state index contributed by atoms with van der Waals surface area (Å²) in [6.07, 6.45) is 0.000533. The van der Waals surface area contributed by atoms with Crippen molar-refractivity contribution in [2.24, 2.45) is 0 Å². The molecule has 0 radical (unpaired) electrons. The van der Waals surface area contributed by atoms with Crippen molar-refractivity contribution in [1.29, 1.82) is 0 Å². The molecule has 0 aliphatic heterocycles. The van der Waals surface area contributed by atoms with Gasteiger partial charge in [0.1, 0.15) is 10.8 Å². The number of rotatable bonds is 4. The highest BCUT2D eigenvalue weighted by atomic mass is 35.5. The molecule has 0 aliphatic rings. The standard InChI is InChI=1S/C17H10Cl2FNO2S/c18-11-3-6-14(19)15(7-11)23-16(22)8-13-9-24-17(21-13)10-1-4-12(20)5-2-10/h1-7,9H,8H2. The monoisotopic (exact) mass is 381 g/mol. The van der Waals surface area contributed by atoms with Gasteiger partial charge in [-0.15, -0.1) is 11.3 Å². The largest absolute Gasteiger partial charge is 0.425 e. The van der Waals surface area contributed by atoms with Crippen molar-refractivity contribution in [3.63, 3.8) is 0 Å². The summed E-state index contributed by atoms with van der Waals surface area (Å²) in [4.78, 5) is 16.4. The molecule has 1 heterocycles. The van der Waals surface area contributed by atoms with Gasteiger partial charge in [0.15, 0.2) is 5.75 Å². The van der Waals surface area contributed by atoms with Gasteiger partial charge >= 0.3 is 5.97 Å². The highest BCUT2D eigenvalue weighted by Gasteiger charge is 2.13. The molecular formula is C17H10Cl2FNO2S. The fraction of sp³-hybridized carbons (Fsp3) is 0.0588. The van der Waals surface area contributed by atoms with Gasteiger partial charge in [-0.3, -0.25) is 4.79 Å². The molecule has 0 atom stereocenters. The van der Waals surface area contributed by atoms with Gasteiger partial charge in [-0.1, -0.05) is 23.2 Å². The minimum Gasteiger partial charge on any atom is -0.425 e. The lowest BCUT2D eigenvalue weighted by atomic mass is 10.2. The van der Waals surface area contributed by atoms with Crippen molar-refractivity contribution in [3.05, 3.63) is 69.4 Å². The van der Waals surface area contributed by atoms with Gasteiger partial charge in [-0.25, -0.2) is 9.37 Å². The molecule has 3 rings (SSSR count). The third-order valence-electron chi connectivity index (χ3n) is 3.09. The fourth-order valence-corrected chi connectivity index (χ4v) is 3.12. The van der Waals surface area contributed by atoms with E-state index >= 15 is 0 Å². The lowest BCUT2D eigenvalue weighted by Crippen LogP contribution is -2.11. The summed E-state index contributed by atoms with van der Waals surface area (Å²) in [6.45, 7) is 0. The minimum atomic E-state index is -0.491. The zero-order valence-corrected chi connectivity index (χ0v) is 14.5. The van der Waals surface area contributed by atoms with Crippen LogP contribution in [0.3, 0.4) is 0 Å². The molecule has 3 aromatic rings. The molecule has 7 heteroatoms. The number of hydrogen-bond acceptors (Lipinski definition) is 4. The smallest absolute Gasteiger partial charge is 0.317 e. The maximum Gasteiger partial charge on any atom is 0.317 e. The molecule has 24 heavy (non-hydrogen) atoms. The van der Waals surface area contributed by atoms with Crippen LogP contribution in [0, 0.1) is 5.82 Å². The Morgan fingerprint density at radius 1 is 1.17 bits per heavy atom. The Kier molecular flexibility index (Phi) is 5.14. The van der Waals surface area contributed by atoms with Gasteiger partial charge < -0.3 is 4.74 Å². The Balaban J connectivity index is 1.69. The summed E-state index contributed by atoms with van der Waals surface area (Å²) in [6, 6.07) is 10.7. The van der Waals surface area contributed by atoms with E-state index in [0.717, 1.165) is 5.56 Å². The van der Waals surface area contributed by atoms with Crippen molar-refractivity contribution < 1.29 is 13.9 Å². The van der Waals surface area contributed by atoms with Crippen molar-refractivity contribution >= 4 is 40.5 Å². The maximum absolute atomic E-state index is 12.9. The zero-order chi connectivity index (χ0) is 17.1. The van der Waals surface area contributed by atoms with Crippen LogP contribution in [0.5, 0.6) is 5.75 Å². The molecule has 0 saturated heterocycles. The number of esters is 1. The van der Waals surface area contributed by atoms with Gasteiger partial charge in [-0.05, 0) is 36.4 Å². The quantitative estimate of drug-likeness (QED) is 0.448. The van der Waals surface area contributed by atoms with Crippen LogP contribution in [-0.4, -0.2) is 11.0 Å². The predicted molar refractivity (Wildman–Crippen MR) is 93.3 cm³/mol. The van der Waals surface area contributed by atoms with Crippen LogP contribution in [-0.2, 0) is 11.2 Å². The van der Waals surface area contributed by atoms with E-state index in [1.165, 1.54) is 29.5 Å². The first-order valence-electron chi connectivity index (χ1n) is 6.87. The number of halogens is 3. The third kappa shape index (κ3) is 4.12. The molecular weight excluding hydrogens is 372 g/mol. The van der Waals surface area contributed by atoms with Crippen molar-refractivity contribution in [3.8, 4) is 16.3 Å². The number of nitrogens with zero attached hydrogens (tertiary/aromatic N) is 1. The number of benzene rings is 2. The highest BCUT2D eigenvalue weighted by Crippen LogP contribution is 2.28. The average molecular weight is 382 g/mol. The summed E-state index contributed by atoms with van der Waals surface area (Å²) in [5.74, 6) is -0.587. The van der Waals surface area contributed by atoms with E-state index in [1.54, 1.807) is 29.6 Å². The first-order chi connectivity index (χ1) is 11.5. The number of thiazole rings is 1. The molecule has 122 valence electrons. The van der Waals surface area contributed by atoms with Crippen LogP contribution < -0.4 is 4.74 Å². The lowest BCUT2D eigenvalue weighted by molar-refractivity contribution is -0.133. The Morgan fingerprint density at radius 3 is 2.67 bits per heavy atom. The molecule has 2 aromatic carbocycles. The molecule has 3 nitrogen and oxygen atoms in total. The Labute approximate surface area is 151 Å². The second kappa shape index (κ2) is 7.30. The third-order valence-corrected chi connectivity index (χ3v) is 4.57. The summed E-state index contributed by atoms with van der Waals surface area (Å²) >= 11 is 13.2. The zero-order valence-electron chi connectivity index (χ0n) is 12.1. The molecule has 0 bridgehead atoms. The van der Waals surface area contributed by atoms with Gasteiger partial charge in [0.2, 0.25) is 0 Å². The molecule has 0 spiro atoms. The van der Waals surface area contributed by atoms with Crippen LogP contribution in [0.4, 0.5) is 4.39 Å². The first kappa shape index (κ1) is 16.9. The second-order valence-corrected chi connectivity index (χ2v) is 6.58. The van der Waals surface area contributed by atoms with Crippen LogP contribution >= 0.6 is 34.5 Å². The number of hydrogen-bond donors (Lipinski definition) is 0. The van der Waals surface area contributed by atoms with Crippen molar-refractivity contribution in [1.82, 2.24) is 4.98 Å². The SMILES string of the molecule is O=C(Cc1csc(-c2ccc(F)cc2)n1)Oc1cc(Cl)ccc1Cl. The minimum absolute atomic E-state index is 0.000533. The summed E-state index contributed by atoms with van der Waals surface area (Å²) in [5, 5.41) is 3.20. The molecule has 0 unspecified atom stereocenters. The van der Waals surface area contributed by atoms with Crippen LogP contribution in [0.25, 0.3) is 10.6 Å². The molecule has 1 aromatic heterocycles. The molecule has 0 aliphatic carbocycles. The Bertz CT molecular complexity index is 881. The molecule has 0 amide bonds. The summed E-state index contributed by atoms with van der Waals surface area (Å²) in [5.41, 5.74) is 1.36. The van der Waals surface area contributed by atoms with E-state index in [9.17, 15) is 9.18 Å². The maximum atomic E-state index is 12.9. The molecule has 0 saturated carbocycles. The first-order valence-corrected chi connectivity index (χ1v) is 8.51. The lowest BCUT2D eigenvalue weighted by Gasteiger charge is -2.05.